The second-order valence-corrected chi connectivity index (χ2v) is 4.98. The molecule has 1 amide bonds. The molecule has 2 rings (SSSR count). The SMILES string of the molecule is CN(C(=O)c1cncc(C(=O)O)c1)C1CCCCC1. The minimum Gasteiger partial charge on any atom is -0.478 e. The molecule has 1 aromatic heterocycles. The second-order valence-electron chi connectivity index (χ2n) is 4.98. The van der Waals surface area contributed by atoms with E-state index in [9.17, 15) is 9.59 Å². The van der Waals surface area contributed by atoms with Gasteiger partial charge >= 0.3 is 5.97 Å². The lowest BCUT2D eigenvalue weighted by molar-refractivity contribution is 0.0695. The van der Waals surface area contributed by atoms with Gasteiger partial charge in [-0.1, -0.05) is 19.3 Å². The molecule has 0 radical (unpaired) electrons. The predicted molar refractivity (Wildman–Crippen MR) is 70.2 cm³/mol. The predicted octanol–water partition coefficient (Wildman–Crippen LogP) is 2.18. The van der Waals surface area contributed by atoms with Crippen molar-refractivity contribution in [2.45, 2.75) is 38.1 Å². The summed E-state index contributed by atoms with van der Waals surface area (Å²) < 4.78 is 0. The van der Waals surface area contributed by atoms with Crippen LogP contribution in [0.4, 0.5) is 0 Å². The van der Waals surface area contributed by atoms with Crippen LogP contribution in [0, 0.1) is 0 Å². The van der Waals surface area contributed by atoms with Crippen molar-refractivity contribution in [1.82, 2.24) is 9.88 Å². The number of pyridine rings is 1. The highest BCUT2D eigenvalue weighted by atomic mass is 16.4. The first-order valence-electron chi connectivity index (χ1n) is 6.55. The first-order chi connectivity index (χ1) is 9.09. The quantitative estimate of drug-likeness (QED) is 0.906. The standard InChI is InChI=1S/C14H18N2O3/c1-16(12-5-3-2-4-6-12)13(17)10-7-11(14(18)19)9-15-8-10/h7-9,12H,2-6H2,1H3,(H,18,19). The number of nitrogens with zero attached hydrogens (tertiary/aromatic N) is 2. The summed E-state index contributed by atoms with van der Waals surface area (Å²) in [7, 11) is 1.78. The molecule has 0 bridgehead atoms. The highest BCUT2D eigenvalue weighted by Gasteiger charge is 2.23. The molecule has 1 aromatic rings. The van der Waals surface area contributed by atoms with Crippen molar-refractivity contribution in [1.29, 1.82) is 0 Å². The Morgan fingerprint density at radius 1 is 1.21 bits per heavy atom. The maximum atomic E-state index is 12.3. The van der Waals surface area contributed by atoms with Crippen LogP contribution in [-0.4, -0.2) is 40.0 Å². The van der Waals surface area contributed by atoms with Crippen LogP contribution in [0.1, 0.15) is 52.8 Å². The number of carboxylic acids is 1. The summed E-state index contributed by atoms with van der Waals surface area (Å²) in [4.78, 5) is 28.7. The molecule has 1 fully saturated rings. The van der Waals surface area contributed by atoms with Crippen molar-refractivity contribution in [3.05, 3.63) is 29.6 Å². The number of hydrogen-bond acceptors (Lipinski definition) is 3. The summed E-state index contributed by atoms with van der Waals surface area (Å²) in [5.74, 6) is -1.22. The van der Waals surface area contributed by atoms with Gasteiger partial charge < -0.3 is 10.0 Å². The number of carbonyl (C=O) groups is 2. The zero-order chi connectivity index (χ0) is 13.8. The van der Waals surface area contributed by atoms with Gasteiger partial charge in [0.15, 0.2) is 0 Å². The average Bonchev–Trinajstić information content (AvgIpc) is 2.46. The summed E-state index contributed by atoms with van der Waals surface area (Å²) in [6.45, 7) is 0. The summed E-state index contributed by atoms with van der Waals surface area (Å²) in [5.41, 5.74) is 0.385. The molecule has 5 heteroatoms. The number of rotatable bonds is 3. The lowest BCUT2D eigenvalue weighted by Gasteiger charge is -2.31. The van der Waals surface area contributed by atoms with E-state index in [1.165, 1.54) is 24.9 Å². The molecule has 5 nitrogen and oxygen atoms in total. The number of amides is 1. The Morgan fingerprint density at radius 2 is 1.84 bits per heavy atom. The number of aromatic carboxylic acids is 1. The van der Waals surface area contributed by atoms with Crippen LogP contribution in [0.25, 0.3) is 0 Å². The van der Waals surface area contributed by atoms with E-state index in [2.05, 4.69) is 4.98 Å². The minimum absolute atomic E-state index is 0.0443. The van der Waals surface area contributed by atoms with E-state index >= 15 is 0 Å². The zero-order valence-electron chi connectivity index (χ0n) is 11.0. The van der Waals surface area contributed by atoms with Gasteiger partial charge in [0, 0.05) is 25.5 Å². The maximum absolute atomic E-state index is 12.3. The van der Waals surface area contributed by atoms with Gasteiger partial charge in [-0.05, 0) is 18.9 Å². The molecule has 1 heterocycles. The van der Waals surface area contributed by atoms with Gasteiger partial charge in [-0.15, -0.1) is 0 Å². The van der Waals surface area contributed by atoms with Gasteiger partial charge in [0.05, 0.1) is 11.1 Å². The smallest absolute Gasteiger partial charge is 0.337 e. The third kappa shape index (κ3) is 3.10. The van der Waals surface area contributed by atoms with Crippen molar-refractivity contribution < 1.29 is 14.7 Å². The van der Waals surface area contributed by atoms with E-state index in [1.807, 2.05) is 0 Å². The number of carbonyl (C=O) groups excluding carboxylic acids is 1. The Balaban J connectivity index is 2.14. The summed E-state index contributed by atoms with van der Waals surface area (Å²) in [6, 6.07) is 1.64. The molecule has 1 aliphatic carbocycles. The highest BCUT2D eigenvalue weighted by molar-refractivity contribution is 5.97. The molecule has 1 aliphatic rings. The van der Waals surface area contributed by atoms with E-state index < -0.39 is 5.97 Å². The first-order valence-corrected chi connectivity index (χ1v) is 6.55. The van der Waals surface area contributed by atoms with Crippen LogP contribution >= 0.6 is 0 Å². The van der Waals surface area contributed by atoms with E-state index in [1.54, 1.807) is 11.9 Å². The van der Waals surface area contributed by atoms with Crippen LogP contribution in [-0.2, 0) is 0 Å². The van der Waals surface area contributed by atoms with Crippen LogP contribution in [0.2, 0.25) is 0 Å². The van der Waals surface area contributed by atoms with Crippen LogP contribution in [0.15, 0.2) is 18.5 Å². The highest BCUT2D eigenvalue weighted by Crippen LogP contribution is 2.22. The van der Waals surface area contributed by atoms with Crippen molar-refractivity contribution >= 4 is 11.9 Å². The van der Waals surface area contributed by atoms with E-state index in [4.69, 9.17) is 5.11 Å². The summed E-state index contributed by atoms with van der Waals surface area (Å²) >= 11 is 0. The van der Waals surface area contributed by atoms with Crippen LogP contribution in [0.5, 0.6) is 0 Å². The lowest BCUT2D eigenvalue weighted by atomic mass is 9.94. The monoisotopic (exact) mass is 262 g/mol. The molecular weight excluding hydrogens is 244 g/mol. The zero-order valence-corrected chi connectivity index (χ0v) is 11.0. The minimum atomic E-state index is -1.07. The van der Waals surface area contributed by atoms with E-state index in [-0.39, 0.29) is 17.5 Å². The number of aromatic nitrogens is 1. The van der Waals surface area contributed by atoms with Gasteiger partial charge in [0.25, 0.3) is 5.91 Å². The third-order valence-electron chi connectivity index (χ3n) is 3.67. The summed E-state index contributed by atoms with van der Waals surface area (Å²) in [6.07, 6.45) is 8.25. The van der Waals surface area contributed by atoms with Gasteiger partial charge in [-0.25, -0.2) is 4.79 Å². The van der Waals surface area contributed by atoms with Crippen molar-refractivity contribution in [2.75, 3.05) is 7.05 Å². The Morgan fingerprint density at radius 3 is 2.47 bits per heavy atom. The molecule has 0 aliphatic heterocycles. The van der Waals surface area contributed by atoms with Gasteiger partial charge in [0.2, 0.25) is 0 Å². The fourth-order valence-corrected chi connectivity index (χ4v) is 2.51. The van der Waals surface area contributed by atoms with Gasteiger partial charge in [-0.2, -0.15) is 0 Å². The van der Waals surface area contributed by atoms with E-state index in [0.29, 0.717) is 5.56 Å². The fourth-order valence-electron chi connectivity index (χ4n) is 2.51. The molecule has 0 saturated heterocycles. The third-order valence-corrected chi connectivity index (χ3v) is 3.67. The molecule has 102 valence electrons. The molecule has 0 spiro atoms. The molecular formula is C14H18N2O3. The fraction of sp³-hybridized carbons (Fsp3) is 0.500. The molecule has 1 N–H and O–H groups in total. The lowest BCUT2D eigenvalue weighted by Crippen LogP contribution is -2.38. The topological polar surface area (TPSA) is 70.5 Å². The van der Waals surface area contributed by atoms with Crippen molar-refractivity contribution in [2.24, 2.45) is 0 Å². The molecule has 0 unspecified atom stereocenters. The van der Waals surface area contributed by atoms with Crippen molar-refractivity contribution in [3.8, 4) is 0 Å². The molecule has 0 aromatic carbocycles. The normalized spacial score (nSPS) is 16.1. The molecule has 1 saturated carbocycles. The van der Waals surface area contributed by atoms with E-state index in [0.717, 1.165) is 25.7 Å². The van der Waals surface area contributed by atoms with Crippen LogP contribution in [0.3, 0.4) is 0 Å². The van der Waals surface area contributed by atoms with Crippen LogP contribution < -0.4 is 0 Å². The Hall–Kier alpha value is -1.91. The first kappa shape index (κ1) is 13.5. The Bertz CT molecular complexity index is 481. The Kier molecular flexibility index (Phi) is 4.14. The molecule has 0 atom stereocenters. The number of carboxylic acid groups (broad SMARTS) is 1. The second kappa shape index (κ2) is 5.82. The maximum Gasteiger partial charge on any atom is 0.337 e. The van der Waals surface area contributed by atoms with Gasteiger partial charge in [-0.3, -0.25) is 9.78 Å². The van der Waals surface area contributed by atoms with Gasteiger partial charge in [0.1, 0.15) is 0 Å². The molecule has 19 heavy (non-hydrogen) atoms. The number of hydrogen-bond donors (Lipinski definition) is 1. The largest absolute Gasteiger partial charge is 0.478 e. The summed E-state index contributed by atoms with van der Waals surface area (Å²) in [5, 5.41) is 8.91. The Labute approximate surface area is 112 Å². The van der Waals surface area contributed by atoms with Crippen molar-refractivity contribution in [3.63, 3.8) is 0 Å². The average molecular weight is 262 g/mol.